The van der Waals surface area contributed by atoms with Crippen molar-refractivity contribution >= 4 is 27.5 Å². The Balaban J connectivity index is 1.30. The van der Waals surface area contributed by atoms with Crippen molar-refractivity contribution in [3.63, 3.8) is 0 Å². The average molecular weight is 541 g/mol. The Hall–Kier alpha value is -2.91. The number of piperazine rings is 1. The summed E-state index contributed by atoms with van der Waals surface area (Å²) in [7, 11) is 1.71. The zero-order chi connectivity index (χ0) is 24.6. The number of carbonyl (C=O) groups excluding carboxylic acids is 1. The summed E-state index contributed by atoms with van der Waals surface area (Å²) in [6.07, 6.45) is 1.67. The van der Waals surface area contributed by atoms with E-state index < -0.39 is 0 Å². The highest BCUT2D eigenvalue weighted by atomic mass is 79.9. The van der Waals surface area contributed by atoms with Crippen molar-refractivity contribution in [1.82, 2.24) is 25.2 Å². The number of anilines is 1. The van der Waals surface area contributed by atoms with Crippen LogP contribution in [0.15, 0.2) is 53.0 Å². The molecule has 0 radical (unpaired) electrons. The number of methoxy groups -OCH3 is 1. The van der Waals surface area contributed by atoms with Crippen LogP contribution in [0.2, 0.25) is 0 Å². The van der Waals surface area contributed by atoms with E-state index in [1.807, 2.05) is 41.1 Å². The van der Waals surface area contributed by atoms with Crippen LogP contribution in [0.3, 0.4) is 0 Å². The van der Waals surface area contributed by atoms with Gasteiger partial charge in [0.2, 0.25) is 0 Å². The second-order valence-electron chi connectivity index (χ2n) is 8.64. The topological polar surface area (TPSA) is 75.5 Å². The van der Waals surface area contributed by atoms with Gasteiger partial charge in [0, 0.05) is 43.7 Å². The second kappa shape index (κ2) is 12.2. The van der Waals surface area contributed by atoms with E-state index in [-0.39, 0.29) is 5.91 Å². The standard InChI is InChI=1S/C26H33BrN6O2/c1-3-8-23-25(29-30-33(23)19-20-9-4-5-10-21(20)27)26(34)28-13-14-31-15-17-32(18-16-31)22-11-6-7-12-24(22)35-2/h4-7,9-12H,3,8,13-19H2,1-2H3,(H,28,34). The molecule has 1 saturated heterocycles. The van der Waals surface area contributed by atoms with Crippen molar-refractivity contribution in [2.45, 2.75) is 26.3 Å². The molecule has 2 aromatic carbocycles. The third-order valence-electron chi connectivity index (χ3n) is 6.33. The van der Waals surface area contributed by atoms with Crippen LogP contribution in [-0.2, 0) is 13.0 Å². The molecule has 1 fully saturated rings. The Morgan fingerprint density at radius 1 is 1.09 bits per heavy atom. The fourth-order valence-electron chi connectivity index (χ4n) is 4.42. The van der Waals surface area contributed by atoms with Gasteiger partial charge in [0.25, 0.3) is 5.91 Å². The lowest BCUT2D eigenvalue weighted by molar-refractivity contribution is 0.0941. The van der Waals surface area contributed by atoms with E-state index in [1.165, 1.54) is 0 Å². The molecule has 4 rings (SSSR count). The second-order valence-corrected chi connectivity index (χ2v) is 9.49. The van der Waals surface area contributed by atoms with Gasteiger partial charge in [-0.2, -0.15) is 0 Å². The molecule has 0 spiro atoms. The molecule has 35 heavy (non-hydrogen) atoms. The summed E-state index contributed by atoms with van der Waals surface area (Å²) in [4.78, 5) is 17.7. The summed E-state index contributed by atoms with van der Waals surface area (Å²) in [6.45, 7) is 7.80. The number of carbonyl (C=O) groups is 1. The molecule has 0 unspecified atom stereocenters. The molecule has 1 aliphatic heterocycles. The summed E-state index contributed by atoms with van der Waals surface area (Å²) < 4.78 is 8.37. The highest BCUT2D eigenvalue weighted by Gasteiger charge is 2.22. The van der Waals surface area contributed by atoms with Crippen LogP contribution in [0.1, 0.15) is 35.1 Å². The van der Waals surface area contributed by atoms with Gasteiger partial charge in [0.1, 0.15) is 5.75 Å². The number of hydrogen-bond donors (Lipinski definition) is 1. The molecule has 186 valence electrons. The van der Waals surface area contributed by atoms with Crippen molar-refractivity contribution in [3.05, 3.63) is 70.0 Å². The Kier molecular flexibility index (Phi) is 8.76. The van der Waals surface area contributed by atoms with Gasteiger partial charge < -0.3 is 15.0 Å². The van der Waals surface area contributed by atoms with Crippen molar-refractivity contribution in [3.8, 4) is 5.75 Å². The monoisotopic (exact) mass is 540 g/mol. The van der Waals surface area contributed by atoms with Crippen LogP contribution in [0.5, 0.6) is 5.75 Å². The highest BCUT2D eigenvalue weighted by molar-refractivity contribution is 9.10. The maximum atomic E-state index is 12.9. The Morgan fingerprint density at radius 3 is 2.57 bits per heavy atom. The number of amides is 1. The maximum absolute atomic E-state index is 12.9. The molecule has 1 aliphatic rings. The predicted molar refractivity (Wildman–Crippen MR) is 141 cm³/mol. The van der Waals surface area contributed by atoms with Gasteiger partial charge >= 0.3 is 0 Å². The fraction of sp³-hybridized carbons (Fsp3) is 0.423. The number of nitrogens with zero attached hydrogens (tertiary/aromatic N) is 5. The fourth-order valence-corrected chi connectivity index (χ4v) is 4.83. The smallest absolute Gasteiger partial charge is 0.273 e. The molecule has 3 aromatic rings. The third-order valence-corrected chi connectivity index (χ3v) is 7.10. The Labute approximate surface area is 215 Å². The number of aromatic nitrogens is 3. The van der Waals surface area contributed by atoms with Crippen LogP contribution >= 0.6 is 15.9 Å². The summed E-state index contributed by atoms with van der Waals surface area (Å²) in [5.41, 5.74) is 3.55. The van der Waals surface area contributed by atoms with E-state index in [1.54, 1.807) is 7.11 Å². The van der Waals surface area contributed by atoms with Crippen LogP contribution in [0.25, 0.3) is 0 Å². The lowest BCUT2D eigenvalue weighted by atomic mass is 10.1. The highest BCUT2D eigenvalue weighted by Crippen LogP contribution is 2.28. The molecular formula is C26H33BrN6O2. The molecular weight excluding hydrogens is 508 g/mol. The van der Waals surface area contributed by atoms with E-state index in [4.69, 9.17) is 4.74 Å². The molecule has 8 nitrogen and oxygen atoms in total. The SMILES string of the molecule is CCCc1c(C(=O)NCCN2CCN(c3ccccc3OC)CC2)nnn1Cc1ccccc1Br. The summed E-state index contributed by atoms with van der Waals surface area (Å²) in [6, 6.07) is 16.2. The molecule has 0 bridgehead atoms. The molecule has 0 saturated carbocycles. The quantitative estimate of drug-likeness (QED) is 0.423. The predicted octanol–water partition coefficient (Wildman–Crippen LogP) is 3.60. The van der Waals surface area contributed by atoms with Crippen LogP contribution < -0.4 is 15.0 Å². The summed E-state index contributed by atoms with van der Waals surface area (Å²) in [5, 5.41) is 11.6. The minimum atomic E-state index is -0.153. The first-order valence-corrected chi connectivity index (χ1v) is 12.9. The normalized spacial score (nSPS) is 14.2. The van der Waals surface area contributed by atoms with Gasteiger partial charge in [0.15, 0.2) is 5.69 Å². The number of ether oxygens (including phenoxy) is 1. The summed E-state index contributed by atoms with van der Waals surface area (Å²) in [5.74, 6) is 0.753. The minimum absolute atomic E-state index is 0.153. The first kappa shape index (κ1) is 25.2. The van der Waals surface area contributed by atoms with Crippen LogP contribution in [0.4, 0.5) is 5.69 Å². The zero-order valence-corrected chi connectivity index (χ0v) is 22.0. The van der Waals surface area contributed by atoms with Crippen LogP contribution in [0, 0.1) is 0 Å². The molecule has 0 atom stereocenters. The number of para-hydroxylation sites is 2. The molecule has 0 aliphatic carbocycles. The van der Waals surface area contributed by atoms with Gasteiger partial charge in [-0.05, 0) is 30.2 Å². The first-order chi connectivity index (χ1) is 17.1. The molecule has 1 N–H and O–H groups in total. The number of hydrogen-bond acceptors (Lipinski definition) is 6. The van der Waals surface area contributed by atoms with Crippen LogP contribution in [-0.4, -0.2) is 72.2 Å². The van der Waals surface area contributed by atoms with Crippen molar-refractivity contribution in [2.24, 2.45) is 0 Å². The van der Waals surface area contributed by atoms with E-state index >= 15 is 0 Å². The maximum Gasteiger partial charge on any atom is 0.273 e. The van der Waals surface area contributed by atoms with Crippen molar-refractivity contribution in [1.29, 1.82) is 0 Å². The van der Waals surface area contributed by atoms with Gasteiger partial charge in [0.05, 0.1) is 25.0 Å². The van der Waals surface area contributed by atoms with Crippen molar-refractivity contribution in [2.75, 3.05) is 51.3 Å². The number of nitrogens with one attached hydrogen (secondary N) is 1. The Morgan fingerprint density at radius 2 is 1.83 bits per heavy atom. The molecule has 1 amide bonds. The van der Waals surface area contributed by atoms with E-state index in [9.17, 15) is 4.79 Å². The number of rotatable bonds is 10. The minimum Gasteiger partial charge on any atom is -0.495 e. The van der Waals surface area contributed by atoms with Crippen molar-refractivity contribution < 1.29 is 9.53 Å². The molecule has 9 heteroatoms. The largest absolute Gasteiger partial charge is 0.495 e. The Bertz CT molecular complexity index is 1130. The number of benzene rings is 2. The van der Waals surface area contributed by atoms with E-state index in [0.717, 1.165) is 72.7 Å². The van der Waals surface area contributed by atoms with E-state index in [2.05, 4.69) is 60.4 Å². The van der Waals surface area contributed by atoms with Gasteiger partial charge in [-0.3, -0.25) is 9.69 Å². The van der Waals surface area contributed by atoms with Gasteiger partial charge in [-0.15, -0.1) is 5.10 Å². The summed E-state index contributed by atoms with van der Waals surface area (Å²) >= 11 is 3.59. The van der Waals surface area contributed by atoms with Gasteiger partial charge in [-0.25, -0.2) is 4.68 Å². The molecule has 1 aromatic heterocycles. The lowest BCUT2D eigenvalue weighted by Crippen LogP contribution is -2.48. The van der Waals surface area contributed by atoms with E-state index in [0.29, 0.717) is 18.8 Å². The van der Waals surface area contributed by atoms with Gasteiger partial charge in [-0.1, -0.05) is 64.8 Å². The zero-order valence-electron chi connectivity index (χ0n) is 20.4. The lowest BCUT2D eigenvalue weighted by Gasteiger charge is -2.36. The first-order valence-electron chi connectivity index (χ1n) is 12.1. The third kappa shape index (κ3) is 6.21. The molecule has 2 heterocycles. The average Bonchev–Trinajstić information content (AvgIpc) is 3.28. The number of halogens is 1.